The second kappa shape index (κ2) is 11.2. The van der Waals surface area contributed by atoms with E-state index < -0.39 is 34.5 Å². The Hall–Kier alpha value is -0.0325. The average molecular weight is 541 g/mol. The van der Waals surface area contributed by atoms with Crippen LogP contribution in [0.25, 0.3) is 0 Å². The molecule has 1 rings (SSSR count). The van der Waals surface area contributed by atoms with Gasteiger partial charge in [-0.05, 0) is 85.4 Å². The lowest BCUT2D eigenvalue weighted by Crippen LogP contribution is -2.70. The molecule has 198 valence electrons. The molecule has 0 radical (unpaired) electrons. The Labute approximate surface area is 218 Å². The summed E-state index contributed by atoms with van der Waals surface area (Å²) in [7, 11) is -7.04. The summed E-state index contributed by atoms with van der Waals surface area (Å²) in [6, 6.07) is 11.1. The van der Waals surface area contributed by atoms with Crippen LogP contribution in [-0.2, 0) is 13.3 Å². The molecular weight excluding hydrogens is 485 g/mol. The summed E-state index contributed by atoms with van der Waals surface area (Å²) in [6.07, 6.45) is 2.05. The first kappa shape index (κ1) is 32.0. The van der Waals surface area contributed by atoms with Gasteiger partial charge in [-0.15, -0.1) is 0 Å². The van der Waals surface area contributed by atoms with Crippen LogP contribution in [0.2, 0.25) is 50.9 Å². The van der Waals surface area contributed by atoms with Gasteiger partial charge in [-0.1, -0.05) is 64.2 Å². The Morgan fingerprint density at radius 3 is 1.65 bits per heavy atom. The van der Waals surface area contributed by atoms with E-state index in [1.807, 2.05) is 0 Å². The molecule has 0 aromatic heterocycles. The van der Waals surface area contributed by atoms with Crippen LogP contribution in [0.5, 0.6) is 0 Å². The molecule has 0 bridgehead atoms. The van der Waals surface area contributed by atoms with Gasteiger partial charge in [-0.3, -0.25) is 0 Å². The number of rotatable bonds is 13. The van der Waals surface area contributed by atoms with Crippen LogP contribution in [0.1, 0.15) is 68.2 Å². The molecule has 3 nitrogen and oxygen atoms in total. The lowest BCUT2D eigenvalue weighted by Gasteiger charge is -2.58. The predicted molar refractivity (Wildman–Crippen MR) is 162 cm³/mol. The van der Waals surface area contributed by atoms with Gasteiger partial charge in [0.1, 0.15) is 0 Å². The molecule has 0 saturated heterocycles. The fraction of sp³-hybridized carbons (Fsp3) is 0.778. The van der Waals surface area contributed by atoms with Crippen LogP contribution < -0.4 is 5.19 Å². The zero-order valence-electron chi connectivity index (χ0n) is 25.2. The highest BCUT2D eigenvalue weighted by Crippen LogP contribution is 2.55. The summed E-state index contributed by atoms with van der Waals surface area (Å²) < 4.78 is 21.4. The summed E-state index contributed by atoms with van der Waals surface area (Å²) in [4.78, 5) is 0. The summed E-state index contributed by atoms with van der Waals surface area (Å²) in [5.41, 5.74) is -0.374. The molecular formula is C27H56O3Si4. The zero-order chi connectivity index (χ0) is 26.8. The normalized spacial score (nSPS) is 19.1. The third-order valence-electron chi connectivity index (χ3n) is 9.26. The maximum atomic E-state index is 7.54. The minimum Gasteiger partial charge on any atom is -0.416 e. The third kappa shape index (κ3) is 6.26. The monoisotopic (exact) mass is 540 g/mol. The highest BCUT2D eigenvalue weighted by Gasteiger charge is 2.61. The van der Waals surface area contributed by atoms with Gasteiger partial charge >= 0.3 is 0 Å². The molecule has 34 heavy (non-hydrogen) atoms. The second-order valence-corrected chi connectivity index (χ2v) is 27.1. The van der Waals surface area contributed by atoms with Crippen molar-refractivity contribution in [2.75, 3.05) is 0 Å². The Morgan fingerprint density at radius 1 is 0.765 bits per heavy atom. The highest BCUT2D eigenvalue weighted by molar-refractivity contribution is 6.89. The molecule has 0 N–H and O–H groups in total. The van der Waals surface area contributed by atoms with Gasteiger partial charge < -0.3 is 13.3 Å². The molecule has 0 spiro atoms. The quantitative estimate of drug-likeness (QED) is 0.248. The van der Waals surface area contributed by atoms with Crippen molar-refractivity contribution >= 4 is 39.7 Å². The lowest BCUT2D eigenvalue weighted by atomic mass is 9.89. The van der Waals surface area contributed by atoms with E-state index in [2.05, 4.69) is 132 Å². The second-order valence-electron chi connectivity index (χ2n) is 12.8. The van der Waals surface area contributed by atoms with Crippen molar-refractivity contribution in [1.82, 2.24) is 0 Å². The lowest BCUT2D eigenvalue weighted by molar-refractivity contribution is 0.0101. The average Bonchev–Trinajstić information content (AvgIpc) is 2.71. The van der Waals surface area contributed by atoms with Gasteiger partial charge in [0.05, 0.1) is 19.6 Å². The first-order chi connectivity index (χ1) is 15.3. The third-order valence-corrected chi connectivity index (χ3v) is 23.2. The van der Waals surface area contributed by atoms with E-state index in [1.165, 1.54) is 5.19 Å². The van der Waals surface area contributed by atoms with E-state index in [9.17, 15) is 0 Å². The Kier molecular flexibility index (Phi) is 10.5. The first-order valence-electron chi connectivity index (χ1n) is 13.4. The zero-order valence-corrected chi connectivity index (χ0v) is 29.5. The van der Waals surface area contributed by atoms with Gasteiger partial charge in [0.2, 0.25) is 16.6 Å². The van der Waals surface area contributed by atoms with Crippen molar-refractivity contribution in [3.8, 4) is 0 Å². The fourth-order valence-corrected chi connectivity index (χ4v) is 17.3. The van der Waals surface area contributed by atoms with Crippen molar-refractivity contribution in [2.24, 2.45) is 0 Å². The van der Waals surface area contributed by atoms with Crippen molar-refractivity contribution in [3.63, 3.8) is 0 Å². The Balaban J connectivity index is 3.70. The summed E-state index contributed by atoms with van der Waals surface area (Å²) in [5.74, 6) is 0. The van der Waals surface area contributed by atoms with Crippen LogP contribution in [-0.4, -0.2) is 50.5 Å². The number of hydrogen-bond acceptors (Lipinski definition) is 3. The van der Waals surface area contributed by atoms with Gasteiger partial charge in [0.25, 0.3) is 0 Å². The molecule has 3 atom stereocenters. The van der Waals surface area contributed by atoms with Crippen LogP contribution in [0, 0.1) is 0 Å². The largest absolute Gasteiger partial charge is 0.416 e. The molecule has 0 saturated carbocycles. The van der Waals surface area contributed by atoms with E-state index in [-0.39, 0.29) is 21.1 Å². The molecule has 7 heteroatoms. The molecule has 0 fully saturated rings. The van der Waals surface area contributed by atoms with Crippen LogP contribution in [0.15, 0.2) is 30.3 Å². The summed E-state index contributed by atoms with van der Waals surface area (Å²) >= 11 is 0. The van der Waals surface area contributed by atoms with Crippen LogP contribution in [0.3, 0.4) is 0 Å². The molecule has 0 aliphatic rings. The smallest absolute Gasteiger partial charge is 0.230 e. The van der Waals surface area contributed by atoms with E-state index >= 15 is 0 Å². The van der Waals surface area contributed by atoms with Gasteiger partial charge in [-0.25, -0.2) is 0 Å². The van der Waals surface area contributed by atoms with Crippen LogP contribution in [0.4, 0.5) is 0 Å². The Bertz CT molecular complexity index is 781. The molecule has 1 aromatic carbocycles. The molecule has 0 heterocycles. The van der Waals surface area contributed by atoms with Crippen molar-refractivity contribution in [1.29, 1.82) is 0 Å². The van der Waals surface area contributed by atoms with Gasteiger partial charge in [-0.2, -0.15) is 0 Å². The summed E-state index contributed by atoms with van der Waals surface area (Å²) in [6.45, 7) is 35.1. The van der Waals surface area contributed by atoms with Gasteiger partial charge in [0, 0.05) is 10.3 Å². The van der Waals surface area contributed by atoms with E-state index in [4.69, 9.17) is 13.3 Å². The minimum absolute atomic E-state index is 0.0537. The molecule has 0 aliphatic carbocycles. The van der Waals surface area contributed by atoms with Crippen molar-refractivity contribution in [3.05, 3.63) is 30.3 Å². The number of benzene rings is 1. The standard InChI is InChI=1S/C27H56O3Si4/c1-16-26(7,24(3,4)29-33(13,14)25(5,6)28-32(11)12)34(15,23-21-19-18-20-22-23)30-27(8,17-2)31(9)10/h18-22,31-32H,16-17H2,1-15H3. The fourth-order valence-electron chi connectivity index (χ4n) is 5.25. The van der Waals surface area contributed by atoms with E-state index in [1.54, 1.807) is 0 Å². The van der Waals surface area contributed by atoms with Crippen molar-refractivity contribution in [2.45, 2.75) is 135 Å². The molecule has 1 aromatic rings. The molecule has 0 amide bonds. The molecule has 3 unspecified atom stereocenters. The molecule has 0 aliphatic heterocycles. The van der Waals surface area contributed by atoms with Crippen molar-refractivity contribution < 1.29 is 13.3 Å². The summed E-state index contributed by atoms with van der Waals surface area (Å²) in [5, 5.41) is 0.932. The predicted octanol–water partition coefficient (Wildman–Crippen LogP) is 7.17. The highest BCUT2D eigenvalue weighted by atomic mass is 28.4. The number of hydrogen-bond donors (Lipinski definition) is 0. The topological polar surface area (TPSA) is 27.7 Å². The maximum Gasteiger partial charge on any atom is 0.230 e. The maximum absolute atomic E-state index is 7.54. The van der Waals surface area contributed by atoms with Gasteiger partial charge in [0.15, 0.2) is 9.04 Å². The Morgan fingerprint density at radius 2 is 1.26 bits per heavy atom. The van der Waals surface area contributed by atoms with E-state index in [0.29, 0.717) is 0 Å². The van der Waals surface area contributed by atoms with E-state index in [0.717, 1.165) is 12.8 Å². The first-order valence-corrected chi connectivity index (χ1v) is 24.4. The minimum atomic E-state index is -2.52. The SMILES string of the molecule is CCC(C)(O[Si](C)(c1ccccc1)C(C)(CC)C(C)(C)O[Si](C)(C)C(C)(C)O[SiH](C)C)[SiH](C)C. The van der Waals surface area contributed by atoms with Crippen LogP contribution >= 0.6 is 0 Å².